The first-order chi connectivity index (χ1) is 18.4. The average molecular weight is 487 g/mol. The summed E-state index contributed by atoms with van der Waals surface area (Å²) in [6.45, 7) is 0. The van der Waals surface area contributed by atoms with Crippen molar-refractivity contribution in [1.82, 2.24) is 0 Å². The Morgan fingerprint density at radius 3 is 1.73 bits per heavy atom. The predicted molar refractivity (Wildman–Crippen MR) is 163 cm³/mol. The van der Waals surface area contributed by atoms with Crippen molar-refractivity contribution >= 4 is 63.8 Å². The van der Waals surface area contributed by atoms with Gasteiger partial charge in [0.1, 0.15) is 0 Å². The lowest BCUT2D eigenvalue weighted by Crippen LogP contribution is -1.89. The van der Waals surface area contributed by atoms with E-state index in [4.69, 9.17) is 0 Å². The summed E-state index contributed by atoms with van der Waals surface area (Å²) in [7, 11) is 0. The van der Waals surface area contributed by atoms with E-state index >= 15 is 0 Å². The van der Waals surface area contributed by atoms with Crippen LogP contribution in [0.3, 0.4) is 0 Å². The molecule has 0 saturated carbocycles. The van der Waals surface area contributed by atoms with Gasteiger partial charge in [-0.1, -0.05) is 115 Å². The molecule has 0 unspecified atom stereocenters. The molecule has 0 aliphatic heterocycles. The van der Waals surface area contributed by atoms with Gasteiger partial charge in [-0.3, -0.25) is 0 Å². The van der Waals surface area contributed by atoms with E-state index in [0.717, 1.165) is 0 Å². The van der Waals surface area contributed by atoms with Crippen molar-refractivity contribution in [3.63, 3.8) is 0 Å². The van der Waals surface area contributed by atoms with Crippen LogP contribution in [-0.4, -0.2) is 0 Å². The average Bonchev–Trinajstić information content (AvgIpc) is 3.36. The van der Waals surface area contributed by atoms with Crippen molar-refractivity contribution in [3.05, 3.63) is 133 Å². The van der Waals surface area contributed by atoms with E-state index in [-0.39, 0.29) is 0 Å². The number of hydrogen-bond acceptors (Lipinski definition) is 1. The van der Waals surface area contributed by atoms with Crippen LogP contribution in [0.4, 0.5) is 0 Å². The zero-order chi connectivity index (χ0) is 24.3. The lowest BCUT2D eigenvalue weighted by Gasteiger charge is -2.17. The molecule has 0 radical (unpaired) electrons. The maximum Gasteiger partial charge on any atom is 0.0433 e. The van der Waals surface area contributed by atoms with Crippen molar-refractivity contribution in [2.24, 2.45) is 0 Å². The molecule has 0 fully saturated rings. The summed E-state index contributed by atoms with van der Waals surface area (Å²) in [6.07, 6.45) is 0. The molecule has 1 aromatic heterocycles. The smallest absolute Gasteiger partial charge is 0.0433 e. The normalized spacial score (nSPS) is 11.8. The van der Waals surface area contributed by atoms with Gasteiger partial charge in [0.25, 0.3) is 0 Å². The Labute approximate surface area is 219 Å². The van der Waals surface area contributed by atoms with Crippen LogP contribution in [0.5, 0.6) is 0 Å². The van der Waals surface area contributed by atoms with E-state index < -0.39 is 0 Å². The van der Waals surface area contributed by atoms with Crippen molar-refractivity contribution < 1.29 is 0 Å². The maximum atomic E-state index is 2.43. The van der Waals surface area contributed by atoms with Gasteiger partial charge in [-0.05, 0) is 72.8 Å². The maximum absolute atomic E-state index is 2.43. The monoisotopic (exact) mass is 486 g/mol. The van der Waals surface area contributed by atoms with Gasteiger partial charge in [-0.2, -0.15) is 0 Å². The summed E-state index contributed by atoms with van der Waals surface area (Å²) in [4.78, 5) is 0. The highest BCUT2D eigenvalue weighted by atomic mass is 32.1. The van der Waals surface area contributed by atoms with Crippen molar-refractivity contribution in [2.75, 3.05) is 0 Å². The van der Waals surface area contributed by atoms with Gasteiger partial charge in [0, 0.05) is 20.2 Å². The number of fused-ring (bicyclic) bond motifs is 9. The van der Waals surface area contributed by atoms with E-state index in [0.29, 0.717) is 0 Å². The quantitative estimate of drug-likeness (QED) is 0.213. The minimum atomic E-state index is 1.25. The Morgan fingerprint density at radius 2 is 0.946 bits per heavy atom. The second-order valence-corrected chi connectivity index (χ2v) is 10.7. The molecule has 0 amide bonds. The summed E-state index contributed by atoms with van der Waals surface area (Å²) >= 11 is 1.90. The number of thiophene rings is 1. The van der Waals surface area contributed by atoms with Crippen LogP contribution >= 0.6 is 11.3 Å². The number of benzene rings is 7. The molecule has 0 saturated heterocycles. The molecule has 1 heterocycles. The summed E-state index contributed by atoms with van der Waals surface area (Å²) in [5.41, 5.74) is 5.10. The van der Waals surface area contributed by atoms with Crippen molar-refractivity contribution in [1.29, 1.82) is 0 Å². The fourth-order valence-electron chi connectivity index (χ4n) is 6.01. The molecule has 0 aliphatic rings. The van der Waals surface area contributed by atoms with Crippen LogP contribution in [0.1, 0.15) is 0 Å². The Kier molecular flexibility index (Phi) is 4.49. The first-order valence-electron chi connectivity index (χ1n) is 12.7. The zero-order valence-electron chi connectivity index (χ0n) is 20.1. The summed E-state index contributed by atoms with van der Waals surface area (Å²) < 4.78 is 2.69. The lowest BCUT2D eigenvalue weighted by atomic mass is 9.87. The Balaban J connectivity index is 1.57. The van der Waals surface area contributed by atoms with Crippen LogP contribution in [0.2, 0.25) is 0 Å². The van der Waals surface area contributed by atoms with Crippen LogP contribution in [0.25, 0.3) is 74.7 Å². The van der Waals surface area contributed by atoms with E-state index in [9.17, 15) is 0 Å². The van der Waals surface area contributed by atoms with Gasteiger partial charge in [0.2, 0.25) is 0 Å². The van der Waals surface area contributed by atoms with Crippen molar-refractivity contribution in [3.8, 4) is 22.3 Å². The summed E-state index contributed by atoms with van der Waals surface area (Å²) in [5, 5.41) is 10.5. The lowest BCUT2D eigenvalue weighted by molar-refractivity contribution is 1.65. The first-order valence-corrected chi connectivity index (χ1v) is 13.5. The topological polar surface area (TPSA) is 0 Å². The molecule has 0 atom stereocenters. The molecule has 1 heteroatoms. The van der Waals surface area contributed by atoms with Crippen LogP contribution in [0, 0.1) is 0 Å². The molecule has 0 aliphatic carbocycles. The van der Waals surface area contributed by atoms with Crippen LogP contribution in [-0.2, 0) is 0 Å². The minimum absolute atomic E-state index is 1.25. The van der Waals surface area contributed by atoms with E-state index in [1.54, 1.807) is 0 Å². The second-order valence-electron chi connectivity index (χ2n) is 9.68. The predicted octanol–water partition coefficient (Wildman–Crippen LogP) is 10.8. The van der Waals surface area contributed by atoms with Crippen LogP contribution < -0.4 is 0 Å². The third kappa shape index (κ3) is 3.08. The van der Waals surface area contributed by atoms with Crippen LogP contribution in [0.15, 0.2) is 133 Å². The van der Waals surface area contributed by atoms with Gasteiger partial charge < -0.3 is 0 Å². The molecule has 8 rings (SSSR count). The van der Waals surface area contributed by atoms with Gasteiger partial charge in [0.15, 0.2) is 0 Å². The molecule has 8 aromatic rings. The van der Waals surface area contributed by atoms with Gasteiger partial charge in [-0.15, -0.1) is 11.3 Å². The second kappa shape index (κ2) is 8.03. The van der Waals surface area contributed by atoms with Gasteiger partial charge >= 0.3 is 0 Å². The third-order valence-electron chi connectivity index (χ3n) is 7.64. The molecule has 172 valence electrons. The Hall–Kier alpha value is -4.46. The Bertz CT molecular complexity index is 2130. The molecule has 0 bridgehead atoms. The van der Waals surface area contributed by atoms with E-state index in [1.165, 1.54) is 74.7 Å². The number of hydrogen-bond donors (Lipinski definition) is 0. The van der Waals surface area contributed by atoms with Crippen molar-refractivity contribution in [2.45, 2.75) is 0 Å². The molecule has 0 spiro atoms. The van der Waals surface area contributed by atoms with Gasteiger partial charge in [-0.25, -0.2) is 0 Å². The molecule has 7 aromatic carbocycles. The largest absolute Gasteiger partial charge is 0.135 e. The highest BCUT2D eigenvalue weighted by Crippen LogP contribution is 2.45. The Morgan fingerprint density at radius 1 is 0.351 bits per heavy atom. The fourth-order valence-corrected chi connectivity index (χ4v) is 7.25. The van der Waals surface area contributed by atoms with Gasteiger partial charge in [0.05, 0.1) is 0 Å². The fraction of sp³-hybridized carbons (Fsp3) is 0. The highest BCUT2D eigenvalue weighted by Gasteiger charge is 2.17. The van der Waals surface area contributed by atoms with E-state index in [1.807, 2.05) is 11.3 Å². The molecular weight excluding hydrogens is 464 g/mol. The highest BCUT2D eigenvalue weighted by molar-refractivity contribution is 7.26. The minimum Gasteiger partial charge on any atom is -0.135 e. The molecule has 0 N–H and O–H groups in total. The molecule has 37 heavy (non-hydrogen) atoms. The van der Waals surface area contributed by atoms with E-state index in [2.05, 4.69) is 133 Å². The first kappa shape index (κ1) is 20.7. The zero-order valence-corrected chi connectivity index (χ0v) is 20.9. The molecular formula is C36H22S. The summed E-state index contributed by atoms with van der Waals surface area (Å²) in [6, 6.07) is 48.9. The standard InChI is InChI=1S/C36H22S/c1-2-11-23(12-3-1)32-21-24(25-18-10-19-31-29-16-8-9-20-34(29)37-36(25)31)22-33-28-15-5-4-13-26(28)27-14-6-7-17-30(27)35(32)33/h1-22H. The third-order valence-corrected chi connectivity index (χ3v) is 8.86. The molecule has 0 nitrogen and oxygen atoms in total. The summed E-state index contributed by atoms with van der Waals surface area (Å²) in [5.74, 6) is 0. The number of rotatable bonds is 2. The SMILES string of the molecule is c1ccc(-c2cc(-c3cccc4c3sc3ccccc34)cc3c4ccccc4c4ccccc4c23)cc1.